The Labute approximate surface area is 127 Å². The number of hydrogen-bond donors (Lipinski definition) is 0. The van der Waals surface area contributed by atoms with Crippen molar-refractivity contribution in [1.29, 1.82) is 0 Å². The highest BCUT2D eigenvalue weighted by molar-refractivity contribution is 7.91. The summed E-state index contributed by atoms with van der Waals surface area (Å²) in [7, 11) is -2.57. The molecule has 0 aliphatic carbocycles. The number of nitrogens with zero attached hydrogens (tertiary/aromatic N) is 1. The molecule has 0 radical (unpaired) electrons. The molecule has 21 heavy (non-hydrogen) atoms. The van der Waals surface area contributed by atoms with Crippen LogP contribution in [0.4, 0.5) is 0 Å². The van der Waals surface area contributed by atoms with E-state index in [-0.39, 0.29) is 17.5 Å². The van der Waals surface area contributed by atoms with Gasteiger partial charge in [0, 0.05) is 13.1 Å². The minimum Gasteiger partial charge on any atom is -0.237 e. The van der Waals surface area contributed by atoms with Crippen LogP contribution < -0.4 is 0 Å². The zero-order valence-corrected chi connectivity index (χ0v) is 13.4. The Bertz CT molecular complexity index is 801. The highest BCUT2D eigenvalue weighted by Crippen LogP contribution is 2.23. The molecule has 1 aliphatic heterocycles. The summed E-state index contributed by atoms with van der Waals surface area (Å²) in [6.45, 7) is 0. The lowest BCUT2D eigenvalue weighted by Gasteiger charge is -2.21. The van der Waals surface area contributed by atoms with Gasteiger partial charge in [-0.2, -0.15) is 0 Å². The number of hydrogen-bond acceptors (Lipinski definition) is 3. The number of benzene rings is 2. The van der Waals surface area contributed by atoms with Crippen LogP contribution in [0.1, 0.15) is 6.42 Å². The fourth-order valence-corrected chi connectivity index (χ4v) is 5.70. The Hall–Kier alpha value is -1.24. The van der Waals surface area contributed by atoms with Gasteiger partial charge >= 0.3 is 0 Å². The van der Waals surface area contributed by atoms with Gasteiger partial charge in [-0.3, -0.25) is 0 Å². The van der Waals surface area contributed by atoms with Crippen LogP contribution in [0.15, 0.2) is 47.4 Å². The van der Waals surface area contributed by atoms with Crippen LogP contribution in [0.25, 0.3) is 10.8 Å². The maximum Gasteiger partial charge on any atom is 0.151 e. The first-order valence-corrected chi connectivity index (χ1v) is 9.73. The van der Waals surface area contributed by atoms with Crippen LogP contribution in [0.5, 0.6) is 0 Å². The molecule has 2 aromatic rings. The molecule has 112 valence electrons. The normalized spacial score (nSPS) is 22.7. The van der Waals surface area contributed by atoms with Crippen LogP contribution in [0, 0.1) is 0 Å². The molecule has 0 aromatic heterocycles. The van der Waals surface area contributed by atoms with Crippen LogP contribution in [0.2, 0.25) is 0 Å². The van der Waals surface area contributed by atoms with Gasteiger partial charge < -0.3 is 0 Å². The van der Waals surface area contributed by atoms with Gasteiger partial charge in [0.25, 0.3) is 0 Å². The molecule has 0 saturated carbocycles. The topological polar surface area (TPSA) is 54.5 Å². The van der Waals surface area contributed by atoms with Crippen LogP contribution in [-0.2, 0) is 20.8 Å². The van der Waals surface area contributed by atoms with E-state index in [2.05, 4.69) is 0 Å². The van der Waals surface area contributed by atoms with E-state index in [1.807, 2.05) is 42.5 Å². The average molecular weight is 323 g/mol. The average Bonchev–Trinajstić information content (AvgIpc) is 2.85. The molecule has 6 heteroatoms. The van der Waals surface area contributed by atoms with Crippen molar-refractivity contribution in [3.63, 3.8) is 0 Å². The molecule has 0 spiro atoms. The van der Waals surface area contributed by atoms with E-state index in [1.54, 1.807) is 11.4 Å². The Morgan fingerprint density at radius 1 is 1.14 bits per heavy atom. The van der Waals surface area contributed by atoms with E-state index >= 15 is 0 Å². The molecule has 4 nitrogen and oxygen atoms in total. The molecule has 2 unspecified atom stereocenters. The van der Waals surface area contributed by atoms with Gasteiger partial charge in [0.05, 0.1) is 16.4 Å². The van der Waals surface area contributed by atoms with Crippen LogP contribution in [-0.4, -0.2) is 41.5 Å². The first kappa shape index (κ1) is 14.7. The first-order valence-electron chi connectivity index (χ1n) is 6.80. The summed E-state index contributed by atoms with van der Waals surface area (Å²) in [6.07, 6.45) is 0.554. The minimum atomic E-state index is -2.97. The number of rotatable bonds is 3. The zero-order valence-electron chi connectivity index (χ0n) is 11.7. The zero-order chi connectivity index (χ0) is 15.0. The summed E-state index contributed by atoms with van der Waals surface area (Å²) >= 11 is 0. The lowest BCUT2D eigenvalue weighted by molar-refractivity contribution is 0.422. The van der Waals surface area contributed by atoms with Gasteiger partial charge in [-0.25, -0.2) is 16.9 Å². The Morgan fingerprint density at radius 2 is 1.86 bits per heavy atom. The highest BCUT2D eigenvalue weighted by Gasteiger charge is 2.33. The van der Waals surface area contributed by atoms with Gasteiger partial charge in [-0.15, -0.1) is 0 Å². The van der Waals surface area contributed by atoms with Crippen molar-refractivity contribution >= 4 is 31.6 Å². The molecule has 1 fully saturated rings. The number of fused-ring (bicyclic) bond motifs is 1. The third kappa shape index (κ3) is 3.02. The van der Waals surface area contributed by atoms with Gasteiger partial charge in [-0.1, -0.05) is 30.3 Å². The van der Waals surface area contributed by atoms with E-state index in [0.29, 0.717) is 11.3 Å². The SMILES string of the molecule is CN(C1CCS(=O)(=O)C1)S(=O)c1ccc2ccccc2c1. The van der Waals surface area contributed by atoms with E-state index in [9.17, 15) is 12.6 Å². The third-order valence-electron chi connectivity index (χ3n) is 3.91. The molecule has 0 amide bonds. The fourth-order valence-electron chi connectivity index (χ4n) is 2.64. The van der Waals surface area contributed by atoms with Crippen molar-refractivity contribution in [2.24, 2.45) is 0 Å². The van der Waals surface area contributed by atoms with Crippen molar-refractivity contribution in [2.75, 3.05) is 18.6 Å². The van der Waals surface area contributed by atoms with Crippen LogP contribution in [0.3, 0.4) is 0 Å². The Kier molecular flexibility index (Phi) is 3.86. The second-order valence-corrected chi connectivity index (χ2v) is 9.14. The molecule has 2 aromatic carbocycles. The summed E-state index contributed by atoms with van der Waals surface area (Å²) < 4.78 is 37.4. The van der Waals surface area contributed by atoms with Gasteiger partial charge in [0.1, 0.15) is 11.0 Å². The standard InChI is InChI=1S/C15H17NO3S2/c1-16(14-8-9-21(18,19)11-14)20(17)15-7-6-12-4-2-3-5-13(12)10-15/h2-7,10,14H,8-9,11H2,1H3. The summed E-state index contributed by atoms with van der Waals surface area (Å²) in [6, 6.07) is 13.4. The summed E-state index contributed by atoms with van der Waals surface area (Å²) in [5, 5.41) is 2.14. The van der Waals surface area contributed by atoms with E-state index < -0.39 is 20.8 Å². The molecule has 0 bridgehead atoms. The molecule has 3 rings (SSSR count). The smallest absolute Gasteiger partial charge is 0.151 e. The molecule has 1 saturated heterocycles. The highest BCUT2D eigenvalue weighted by atomic mass is 32.2. The van der Waals surface area contributed by atoms with Gasteiger partial charge in [-0.05, 0) is 29.3 Å². The van der Waals surface area contributed by atoms with Gasteiger partial charge in [0.2, 0.25) is 0 Å². The monoisotopic (exact) mass is 323 g/mol. The quantitative estimate of drug-likeness (QED) is 0.868. The summed E-state index contributed by atoms with van der Waals surface area (Å²) in [5.74, 6) is 0.291. The van der Waals surface area contributed by atoms with Crippen molar-refractivity contribution in [1.82, 2.24) is 4.31 Å². The van der Waals surface area contributed by atoms with E-state index in [1.165, 1.54) is 0 Å². The van der Waals surface area contributed by atoms with Crippen molar-refractivity contribution in [3.8, 4) is 0 Å². The lowest BCUT2D eigenvalue weighted by atomic mass is 10.1. The predicted octanol–water partition coefficient (Wildman–Crippen LogP) is 1.98. The minimum absolute atomic E-state index is 0.100. The van der Waals surface area contributed by atoms with E-state index in [4.69, 9.17) is 0 Å². The maximum absolute atomic E-state index is 12.6. The van der Waals surface area contributed by atoms with Crippen molar-refractivity contribution < 1.29 is 12.6 Å². The molecule has 2 atom stereocenters. The lowest BCUT2D eigenvalue weighted by Crippen LogP contribution is -2.34. The molecular formula is C15H17NO3S2. The maximum atomic E-state index is 12.6. The fraction of sp³-hybridized carbons (Fsp3) is 0.333. The second kappa shape index (κ2) is 5.51. The summed E-state index contributed by atoms with van der Waals surface area (Å²) in [5.41, 5.74) is 0. The molecule has 0 N–H and O–H groups in total. The Balaban J connectivity index is 1.86. The largest absolute Gasteiger partial charge is 0.237 e. The number of sulfone groups is 1. The first-order chi connectivity index (χ1) is 9.96. The molecular weight excluding hydrogens is 306 g/mol. The second-order valence-electron chi connectivity index (χ2n) is 5.36. The van der Waals surface area contributed by atoms with E-state index in [0.717, 1.165) is 10.8 Å². The summed E-state index contributed by atoms with van der Waals surface area (Å²) in [4.78, 5) is 0.709. The Morgan fingerprint density at radius 3 is 2.52 bits per heavy atom. The predicted molar refractivity (Wildman–Crippen MR) is 85.2 cm³/mol. The van der Waals surface area contributed by atoms with Gasteiger partial charge in [0.15, 0.2) is 9.84 Å². The van der Waals surface area contributed by atoms with Crippen molar-refractivity contribution in [2.45, 2.75) is 17.4 Å². The molecule has 1 aliphatic rings. The molecule has 1 heterocycles. The van der Waals surface area contributed by atoms with Crippen molar-refractivity contribution in [3.05, 3.63) is 42.5 Å². The van der Waals surface area contributed by atoms with Crippen LogP contribution >= 0.6 is 0 Å². The third-order valence-corrected chi connectivity index (χ3v) is 7.14.